The highest BCUT2D eigenvalue weighted by atomic mass is 16.6. The molecule has 0 saturated carbocycles. The molecule has 3 aromatic rings. The van der Waals surface area contributed by atoms with Crippen molar-refractivity contribution >= 4 is 22.7 Å². The fourth-order valence-corrected chi connectivity index (χ4v) is 2.93. The third-order valence-electron chi connectivity index (χ3n) is 4.08. The molecule has 0 unspecified atom stereocenters. The van der Waals surface area contributed by atoms with E-state index in [1.165, 1.54) is 6.92 Å². The molecule has 1 heterocycles. The summed E-state index contributed by atoms with van der Waals surface area (Å²) < 4.78 is 13.0. The molecule has 0 spiro atoms. The number of aromatic nitrogens is 1. The maximum Gasteiger partial charge on any atom is 0.326 e. The zero-order chi connectivity index (χ0) is 20.3. The number of benzene rings is 1. The highest BCUT2D eigenvalue weighted by Gasteiger charge is 2.19. The number of esters is 1. The zero-order valence-corrected chi connectivity index (χ0v) is 16.5. The molecule has 5 nitrogen and oxygen atoms in total. The first kappa shape index (κ1) is 19.5. The Balaban J connectivity index is 1.86. The van der Waals surface area contributed by atoms with Crippen molar-refractivity contribution in [3.8, 4) is 5.75 Å². The Bertz CT molecular complexity index is 997. The predicted octanol–water partition coefficient (Wildman–Crippen LogP) is 4.36. The molecule has 5 heteroatoms. The number of nitrogens with zero attached hydrogens (tertiary/aromatic N) is 1. The zero-order valence-electron chi connectivity index (χ0n) is 16.5. The van der Waals surface area contributed by atoms with Crippen molar-refractivity contribution in [3.05, 3.63) is 65.9 Å². The van der Waals surface area contributed by atoms with Crippen LogP contribution in [0.1, 0.15) is 43.6 Å². The number of Topliss-reactive ketones (excluding diaryl/α,β-unsaturated/α-hetero) is 1. The van der Waals surface area contributed by atoms with E-state index in [1.807, 2.05) is 51.1 Å². The summed E-state index contributed by atoms with van der Waals surface area (Å²) in [5.41, 5.74) is 1.75. The lowest BCUT2D eigenvalue weighted by atomic mass is 10.1. The number of carbonyl (C=O) groups excluding carboxylic acids is 2. The molecular formula is C23H23NO4. The number of hydrogen-bond donors (Lipinski definition) is 0. The molecule has 0 amide bonds. The first-order valence-electron chi connectivity index (χ1n) is 9.08. The van der Waals surface area contributed by atoms with Gasteiger partial charge < -0.3 is 14.0 Å². The molecule has 0 aliphatic heterocycles. The van der Waals surface area contributed by atoms with E-state index in [2.05, 4.69) is 12.1 Å². The van der Waals surface area contributed by atoms with Crippen LogP contribution in [-0.2, 0) is 22.7 Å². The molecule has 28 heavy (non-hydrogen) atoms. The van der Waals surface area contributed by atoms with Crippen LogP contribution in [0.5, 0.6) is 5.75 Å². The maximum atomic E-state index is 12.2. The molecule has 0 bridgehead atoms. The molecule has 144 valence electrons. The summed E-state index contributed by atoms with van der Waals surface area (Å²) in [4.78, 5) is 24.3. The molecule has 0 aliphatic carbocycles. The van der Waals surface area contributed by atoms with Gasteiger partial charge in [0.25, 0.3) is 0 Å². The monoisotopic (exact) mass is 377 g/mol. The summed E-state index contributed by atoms with van der Waals surface area (Å²) in [5, 5.41) is 0.751. The van der Waals surface area contributed by atoms with Crippen LogP contribution in [0.25, 0.3) is 10.9 Å². The standard InChI is InChI=1S/C23H23NO4/c1-16(25)20-13-24(14-22(26)28-23(2,3)4)21-11-10-18(12-19(20)21)27-15-17-8-6-5-7-9-17/h6,8-13H,14-15H2,1-4H3. The van der Waals surface area contributed by atoms with Crippen molar-refractivity contribution in [2.45, 2.75) is 46.4 Å². The largest absolute Gasteiger partial charge is 0.489 e. The number of rotatable bonds is 6. The van der Waals surface area contributed by atoms with Gasteiger partial charge in [0.2, 0.25) is 0 Å². The topological polar surface area (TPSA) is 57.5 Å². The lowest BCUT2D eigenvalue weighted by Gasteiger charge is -2.19. The van der Waals surface area contributed by atoms with Crippen LogP contribution in [0.3, 0.4) is 0 Å². The van der Waals surface area contributed by atoms with E-state index >= 15 is 0 Å². The van der Waals surface area contributed by atoms with Crippen LogP contribution in [0, 0.1) is 12.1 Å². The van der Waals surface area contributed by atoms with Crippen molar-refractivity contribution in [2.75, 3.05) is 0 Å². The summed E-state index contributed by atoms with van der Waals surface area (Å²) in [5.74, 6) is 0.230. The second-order valence-corrected chi connectivity index (χ2v) is 7.62. The van der Waals surface area contributed by atoms with Gasteiger partial charge in [-0.1, -0.05) is 12.1 Å². The van der Waals surface area contributed by atoms with Crippen LogP contribution in [-0.4, -0.2) is 21.9 Å². The minimum absolute atomic E-state index is 0.0393. The summed E-state index contributed by atoms with van der Waals surface area (Å²) >= 11 is 0. The Morgan fingerprint density at radius 1 is 1.14 bits per heavy atom. The fourth-order valence-electron chi connectivity index (χ4n) is 2.93. The van der Waals surface area contributed by atoms with Crippen molar-refractivity contribution in [1.82, 2.24) is 4.57 Å². The Morgan fingerprint density at radius 2 is 1.93 bits per heavy atom. The minimum Gasteiger partial charge on any atom is -0.489 e. The number of carbonyl (C=O) groups is 2. The minimum atomic E-state index is -0.558. The molecule has 1 aromatic heterocycles. The van der Waals surface area contributed by atoms with Gasteiger partial charge >= 0.3 is 5.97 Å². The van der Waals surface area contributed by atoms with E-state index in [1.54, 1.807) is 16.8 Å². The van der Waals surface area contributed by atoms with Gasteiger partial charge in [0.15, 0.2) is 5.78 Å². The van der Waals surface area contributed by atoms with Gasteiger partial charge in [-0.3, -0.25) is 9.59 Å². The van der Waals surface area contributed by atoms with Crippen molar-refractivity contribution < 1.29 is 19.1 Å². The van der Waals surface area contributed by atoms with Crippen molar-refractivity contribution in [3.63, 3.8) is 0 Å². The molecule has 0 fully saturated rings. The number of fused-ring (bicyclic) bond motifs is 1. The van der Waals surface area contributed by atoms with Gasteiger partial charge in [0, 0.05) is 22.7 Å². The van der Waals surface area contributed by atoms with Crippen LogP contribution in [0.2, 0.25) is 0 Å². The molecule has 0 aliphatic rings. The molecule has 0 N–H and O–H groups in total. The van der Waals surface area contributed by atoms with Gasteiger partial charge in [-0.05, 0) is 69.7 Å². The second-order valence-electron chi connectivity index (χ2n) is 7.62. The Hall–Kier alpha value is -3.26. The first-order valence-corrected chi connectivity index (χ1v) is 9.08. The third-order valence-corrected chi connectivity index (χ3v) is 4.08. The summed E-state index contributed by atoms with van der Waals surface area (Å²) in [7, 11) is 0. The number of ketones is 1. The number of ether oxygens (including phenoxy) is 2. The van der Waals surface area contributed by atoms with E-state index in [9.17, 15) is 9.59 Å². The van der Waals surface area contributed by atoms with E-state index in [-0.39, 0.29) is 18.3 Å². The fraction of sp³-hybridized carbons (Fsp3) is 0.304. The van der Waals surface area contributed by atoms with Crippen LogP contribution in [0.15, 0.2) is 42.6 Å². The summed E-state index contributed by atoms with van der Waals surface area (Å²) in [6, 6.07) is 16.8. The van der Waals surface area contributed by atoms with E-state index < -0.39 is 5.60 Å². The van der Waals surface area contributed by atoms with Gasteiger partial charge in [-0.15, -0.1) is 0 Å². The smallest absolute Gasteiger partial charge is 0.326 e. The summed E-state index contributed by atoms with van der Waals surface area (Å²) in [6.07, 6.45) is 1.70. The summed E-state index contributed by atoms with van der Waals surface area (Å²) in [6.45, 7) is 7.42. The SMILES string of the molecule is CC(=O)c1cn(CC(=O)OC(C)(C)C)c2ccc(OCc3cc#ccc3)cc12. The number of hydrogen-bond acceptors (Lipinski definition) is 4. The molecular weight excluding hydrogens is 354 g/mol. The maximum absolute atomic E-state index is 12.2. The van der Waals surface area contributed by atoms with E-state index in [0.29, 0.717) is 17.9 Å². The normalized spacial score (nSPS) is 11.1. The first-order chi connectivity index (χ1) is 13.2. The average Bonchev–Trinajstić information content (AvgIpc) is 2.97. The van der Waals surface area contributed by atoms with Crippen LogP contribution < -0.4 is 4.74 Å². The van der Waals surface area contributed by atoms with Crippen LogP contribution >= 0.6 is 0 Å². The quantitative estimate of drug-likeness (QED) is 0.473. The van der Waals surface area contributed by atoms with E-state index in [0.717, 1.165) is 16.5 Å². The molecule has 0 radical (unpaired) electrons. The van der Waals surface area contributed by atoms with Crippen LogP contribution in [0.4, 0.5) is 0 Å². The van der Waals surface area contributed by atoms with Gasteiger partial charge in [-0.2, -0.15) is 0 Å². The predicted molar refractivity (Wildman–Crippen MR) is 106 cm³/mol. The highest BCUT2D eigenvalue weighted by Crippen LogP contribution is 2.27. The molecule has 2 aromatic carbocycles. The Kier molecular flexibility index (Phi) is 5.41. The second kappa shape index (κ2) is 7.77. The van der Waals surface area contributed by atoms with Crippen molar-refractivity contribution in [1.29, 1.82) is 0 Å². The van der Waals surface area contributed by atoms with Crippen molar-refractivity contribution in [2.24, 2.45) is 0 Å². The van der Waals surface area contributed by atoms with Gasteiger partial charge in [0.1, 0.15) is 24.5 Å². The van der Waals surface area contributed by atoms with Gasteiger partial charge in [0.05, 0.1) is 0 Å². The Labute approximate surface area is 164 Å². The van der Waals surface area contributed by atoms with Gasteiger partial charge in [-0.25, -0.2) is 0 Å². The molecule has 0 saturated heterocycles. The molecule has 3 rings (SSSR count). The third kappa shape index (κ3) is 4.72. The average molecular weight is 377 g/mol. The lowest BCUT2D eigenvalue weighted by molar-refractivity contribution is -0.155. The van der Waals surface area contributed by atoms with E-state index in [4.69, 9.17) is 9.47 Å². The lowest BCUT2D eigenvalue weighted by Crippen LogP contribution is -2.26. The highest BCUT2D eigenvalue weighted by molar-refractivity contribution is 6.07. The Morgan fingerprint density at radius 3 is 2.57 bits per heavy atom. The molecule has 0 atom stereocenters.